The zero-order valence-corrected chi connectivity index (χ0v) is 5.26. The molecule has 0 fully saturated rings. The predicted octanol–water partition coefficient (Wildman–Crippen LogP) is 1.76. The van der Waals surface area contributed by atoms with Crippen molar-refractivity contribution in [1.29, 1.82) is 0 Å². The summed E-state index contributed by atoms with van der Waals surface area (Å²) in [7, 11) is 0. The average molecular weight is 121 g/mol. The van der Waals surface area contributed by atoms with Crippen LogP contribution in [0.3, 0.4) is 0 Å². The van der Waals surface area contributed by atoms with Gasteiger partial charge in [-0.1, -0.05) is 18.2 Å². The minimum Gasteiger partial charge on any atom is -0.285 e. The van der Waals surface area contributed by atoms with Crippen LogP contribution in [0.25, 0.3) is 0 Å². The van der Waals surface area contributed by atoms with Gasteiger partial charge in [-0.3, -0.25) is 4.79 Å². The van der Waals surface area contributed by atoms with E-state index in [1.165, 1.54) is 0 Å². The van der Waals surface area contributed by atoms with E-state index in [9.17, 15) is 4.79 Å². The molecule has 1 aliphatic rings. The van der Waals surface area contributed by atoms with E-state index in [-0.39, 0.29) is 0 Å². The summed E-state index contributed by atoms with van der Waals surface area (Å²) in [6.45, 7) is 0. The van der Waals surface area contributed by atoms with Crippen LogP contribution in [0.2, 0.25) is 0 Å². The molecule has 0 saturated heterocycles. The van der Waals surface area contributed by atoms with Crippen LogP contribution in [0, 0.1) is 0 Å². The number of carbonyl (C=O) groups excluding carboxylic acids is 1. The molecule has 0 aromatic heterocycles. The molecule has 0 atom stereocenters. The maximum atomic E-state index is 10.1. The Bertz CT molecular complexity index is 154. The molecule has 0 unspecified atom stereocenters. The van der Waals surface area contributed by atoms with Gasteiger partial charge in [0, 0.05) is 5.57 Å². The van der Waals surface area contributed by atoms with Crippen LogP contribution >= 0.6 is 0 Å². The maximum Gasteiger partial charge on any atom is 0.229 e. The van der Waals surface area contributed by atoms with Gasteiger partial charge in [-0.2, -0.15) is 0 Å². The molecular formula is C8H9O. The molecule has 0 N–H and O–H groups in total. The largest absolute Gasteiger partial charge is 0.285 e. The molecule has 0 bridgehead atoms. The minimum absolute atomic E-state index is 0.795. The maximum absolute atomic E-state index is 10.1. The molecule has 1 radical (unpaired) electrons. The van der Waals surface area contributed by atoms with Gasteiger partial charge in [0.25, 0.3) is 0 Å². The van der Waals surface area contributed by atoms with Crippen molar-refractivity contribution in [3.8, 4) is 0 Å². The summed E-state index contributed by atoms with van der Waals surface area (Å²) < 4.78 is 0. The first-order valence-corrected chi connectivity index (χ1v) is 3.17. The lowest BCUT2D eigenvalue weighted by Crippen LogP contribution is -1.81. The fourth-order valence-electron chi connectivity index (χ4n) is 0.859. The van der Waals surface area contributed by atoms with Gasteiger partial charge in [0.15, 0.2) is 0 Å². The predicted molar refractivity (Wildman–Crippen MR) is 36.8 cm³/mol. The van der Waals surface area contributed by atoms with Crippen LogP contribution in [-0.2, 0) is 4.79 Å². The summed E-state index contributed by atoms with van der Waals surface area (Å²) in [5, 5.41) is 0. The highest BCUT2D eigenvalue weighted by Gasteiger charge is 1.96. The van der Waals surface area contributed by atoms with Crippen molar-refractivity contribution in [3.63, 3.8) is 0 Å². The first kappa shape index (κ1) is 6.27. The number of rotatable bonds is 1. The van der Waals surface area contributed by atoms with Crippen molar-refractivity contribution in [1.82, 2.24) is 0 Å². The highest BCUT2D eigenvalue weighted by atomic mass is 16.1. The van der Waals surface area contributed by atoms with Gasteiger partial charge in [-0.15, -0.1) is 0 Å². The monoisotopic (exact) mass is 121 g/mol. The second-order valence-corrected chi connectivity index (χ2v) is 2.11. The summed E-state index contributed by atoms with van der Waals surface area (Å²) in [4.78, 5) is 10.1. The smallest absolute Gasteiger partial charge is 0.229 e. The zero-order chi connectivity index (χ0) is 6.53. The standard InChI is InChI=1S/C8H9O/c9-7-8-5-3-1-2-4-6-8/h1,3,5H,2,4,6H2. The minimum atomic E-state index is 0.795. The van der Waals surface area contributed by atoms with Gasteiger partial charge in [0.05, 0.1) is 0 Å². The summed E-state index contributed by atoms with van der Waals surface area (Å²) in [5.41, 5.74) is 0.795. The second-order valence-electron chi connectivity index (χ2n) is 2.11. The van der Waals surface area contributed by atoms with Gasteiger partial charge < -0.3 is 0 Å². The van der Waals surface area contributed by atoms with Gasteiger partial charge in [0.2, 0.25) is 6.29 Å². The Hall–Kier alpha value is -0.850. The molecule has 1 nitrogen and oxygen atoms in total. The fraction of sp³-hybridized carbons (Fsp3) is 0.375. The summed E-state index contributed by atoms with van der Waals surface area (Å²) >= 11 is 0. The molecule has 0 amide bonds. The Morgan fingerprint density at radius 2 is 2.44 bits per heavy atom. The van der Waals surface area contributed by atoms with E-state index in [0.29, 0.717) is 0 Å². The van der Waals surface area contributed by atoms with Crippen LogP contribution in [0.4, 0.5) is 0 Å². The second kappa shape index (κ2) is 3.23. The normalized spacial score (nSPS) is 18.4. The molecule has 0 spiro atoms. The Morgan fingerprint density at radius 1 is 1.56 bits per heavy atom. The number of allylic oxidation sites excluding steroid dienone is 4. The van der Waals surface area contributed by atoms with Gasteiger partial charge in [-0.05, 0) is 19.3 Å². The molecule has 1 aliphatic carbocycles. The fourth-order valence-corrected chi connectivity index (χ4v) is 0.859. The quantitative estimate of drug-likeness (QED) is 0.516. The van der Waals surface area contributed by atoms with E-state index in [0.717, 1.165) is 24.8 Å². The Kier molecular flexibility index (Phi) is 2.25. The van der Waals surface area contributed by atoms with E-state index < -0.39 is 0 Å². The Morgan fingerprint density at radius 3 is 3.22 bits per heavy atom. The molecule has 47 valence electrons. The Labute approximate surface area is 55.1 Å². The van der Waals surface area contributed by atoms with Crippen LogP contribution in [0.5, 0.6) is 0 Å². The molecule has 0 heterocycles. The number of hydrogen-bond donors (Lipinski definition) is 0. The lowest BCUT2D eigenvalue weighted by Gasteiger charge is -1.89. The molecular weight excluding hydrogens is 112 g/mol. The highest BCUT2D eigenvalue weighted by molar-refractivity contribution is 5.74. The van der Waals surface area contributed by atoms with Crippen molar-refractivity contribution >= 4 is 6.29 Å². The molecule has 9 heavy (non-hydrogen) atoms. The zero-order valence-electron chi connectivity index (χ0n) is 5.26. The molecule has 1 rings (SSSR count). The van der Waals surface area contributed by atoms with E-state index >= 15 is 0 Å². The topological polar surface area (TPSA) is 17.1 Å². The van der Waals surface area contributed by atoms with Crippen molar-refractivity contribution in [2.45, 2.75) is 19.3 Å². The molecule has 0 saturated carbocycles. The molecule has 1 heteroatoms. The first-order chi connectivity index (χ1) is 4.43. The van der Waals surface area contributed by atoms with E-state index in [1.807, 2.05) is 18.4 Å². The summed E-state index contributed by atoms with van der Waals surface area (Å²) in [6.07, 6.45) is 10.8. The summed E-state index contributed by atoms with van der Waals surface area (Å²) in [5.74, 6) is 0. The third kappa shape index (κ3) is 1.84. The SMILES string of the molecule is O=[C]C1=CC=CCCC1. The molecule has 0 aliphatic heterocycles. The Balaban J connectivity index is 2.59. The lowest BCUT2D eigenvalue weighted by molar-refractivity contribution is 0.559. The summed E-state index contributed by atoms with van der Waals surface area (Å²) in [6, 6.07) is 0. The van der Waals surface area contributed by atoms with Crippen LogP contribution in [-0.4, -0.2) is 6.29 Å². The van der Waals surface area contributed by atoms with Gasteiger partial charge >= 0.3 is 0 Å². The van der Waals surface area contributed by atoms with Crippen LogP contribution in [0.15, 0.2) is 23.8 Å². The van der Waals surface area contributed by atoms with Crippen molar-refractivity contribution < 1.29 is 4.79 Å². The van der Waals surface area contributed by atoms with Crippen molar-refractivity contribution in [3.05, 3.63) is 23.8 Å². The van der Waals surface area contributed by atoms with E-state index in [1.54, 1.807) is 0 Å². The van der Waals surface area contributed by atoms with Gasteiger partial charge in [0.1, 0.15) is 0 Å². The first-order valence-electron chi connectivity index (χ1n) is 3.17. The highest BCUT2D eigenvalue weighted by Crippen LogP contribution is 2.09. The number of hydrogen-bond acceptors (Lipinski definition) is 1. The van der Waals surface area contributed by atoms with E-state index in [2.05, 4.69) is 6.08 Å². The van der Waals surface area contributed by atoms with Crippen LogP contribution < -0.4 is 0 Å². The average Bonchev–Trinajstić information content (AvgIpc) is 2.13. The molecule has 0 aromatic rings. The molecule has 0 aromatic carbocycles. The third-order valence-corrected chi connectivity index (χ3v) is 1.38. The lowest BCUT2D eigenvalue weighted by atomic mass is 10.1. The third-order valence-electron chi connectivity index (χ3n) is 1.38. The van der Waals surface area contributed by atoms with Crippen LogP contribution in [0.1, 0.15) is 19.3 Å². The van der Waals surface area contributed by atoms with Crippen molar-refractivity contribution in [2.24, 2.45) is 0 Å². The van der Waals surface area contributed by atoms with Crippen molar-refractivity contribution in [2.75, 3.05) is 0 Å². The van der Waals surface area contributed by atoms with E-state index in [4.69, 9.17) is 0 Å². The van der Waals surface area contributed by atoms with Gasteiger partial charge in [-0.25, -0.2) is 0 Å².